The third-order valence-electron chi connectivity index (χ3n) is 5.65. The number of hydrogen-bond acceptors (Lipinski definition) is 1. The van der Waals surface area contributed by atoms with Gasteiger partial charge >= 0.3 is 5.65 Å². The molecule has 3 heteroatoms. The summed E-state index contributed by atoms with van der Waals surface area (Å²) in [4.78, 5) is 5.15. The second-order valence-corrected chi connectivity index (χ2v) is 7.20. The molecule has 0 spiro atoms. The first-order valence-electron chi connectivity index (χ1n) is 9.48. The molecule has 3 nitrogen and oxygen atoms in total. The van der Waals surface area contributed by atoms with Crippen LogP contribution < -0.4 is 4.40 Å². The fourth-order valence-corrected chi connectivity index (χ4v) is 4.34. The van der Waals surface area contributed by atoms with Crippen LogP contribution >= 0.6 is 0 Å². The lowest BCUT2D eigenvalue weighted by Crippen LogP contribution is -2.26. The molecule has 0 aliphatic rings. The topological polar surface area (TPSA) is 21.9 Å². The maximum atomic E-state index is 5.15. The quantitative estimate of drug-likeness (QED) is 0.289. The molecular weight excluding hydrogens is 342 g/mol. The molecule has 0 aliphatic carbocycles. The van der Waals surface area contributed by atoms with Crippen LogP contribution in [0.15, 0.2) is 91.1 Å². The summed E-state index contributed by atoms with van der Waals surface area (Å²) in [7, 11) is 2.11. The molecular formula is C25H18N3+. The van der Waals surface area contributed by atoms with Gasteiger partial charge in [0.2, 0.25) is 0 Å². The zero-order valence-corrected chi connectivity index (χ0v) is 15.5. The van der Waals surface area contributed by atoms with E-state index in [-0.39, 0.29) is 0 Å². The Kier molecular flexibility index (Phi) is 3.09. The highest BCUT2D eigenvalue weighted by Crippen LogP contribution is 2.34. The molecule has 0 N–H and O–H groups in total. The molecule has 0 atom stereocenters. The zero-order chi connectivity index (χ0) is 18.7. The number of fused-ring (bicyclic) bond motifs is 6. The van der Waals surface area contributed by atoms with E-state index in [2.05, 4.69) is 107 Å². The first-order chi connectivity index (χ1) is 13.8. The van der Waals surface area contributed by atoms with Crippen LogP contribution in [0, 0.1) is 0 Å². The Hall–Kier alpha value is -3.72. The maximum Gasteiger partial charge on any atom is 0.338 e. The van der Waals surface area contributed by atoms with Crippen molar-refractivity contribution in [3.05, 3.63) is 91.1 Å². The Morgan fingerprint density at radius 3 is 2.32 bits per heavy atom. The normalized spacial score (nSPS) is 11.8. The van der Waals surface area contributed by atoms with Gasteiger partial charge in [-0.25, -0.2) is 0 Å². The van der Waals surface area contributed by atoms with Crippen molar-refractivity contribution >= 4 is 38.4 Å². The van der Waals surface area contributed by atoms with Crippen LogP contribution in [0.5, 0.6) is 0 Å². The minimum absolute atomic E-state index is 0.982. The van der Waals surface area contributed by atoms with Gasteiger partial charge < -0.3 is 4.57 Å². The van der Waals surface area contributed by atoms with Crippen LogP contribution in [0.2, 0.25) is 0 Å². The van der Waals surface area contributed by atoms with Gasteiger partial charge in [-0.15, -0.1) is 0 Å². The molecule has 0 aliphatic heterocycles. The Labute approximate surface area is 162 Å². The van der Waals surface area contributed by atoms with Crippen molar-refractivity contribution in [1.29, 1.82) is 0 Å². The average molecular weight is 360 g/mol. The predicted molar refractivity (Wildman–Crippen MR) is 114 cm³/mol. The molecule has 3 heterocycles. The number of aromatic nitrogens is 3. The molecule has 0 saturated heterocycles. The van der Waals surface area contributed by atoms with E-state index in [0.717, 1.165) is 16.7 Å². The van der Waals surface area contributed by atoms with Crippen molar-refractivity contribution in [3.8, 4) is 11.3 Å². The number of hydrogen-bond donors (Lipinski definition) is 0. The molecule has 6 aromatic rings. The van der Waals surface area contributed by atoms with E-state index in [1.165, 1.54) is 32.9 Å². The molecule has 0 saturated carbocycles. The maximum absolute atomic E-state index is 5.15. The summed E-state index contributed by atoms with van der Waals surface area (Å²) in [5, 5.41) is 4.78. The minimum atomic E-state index is 0.982. The van der Waals surface area contributed by atoms with Crippen molar-refractivity contribution in [2.75, 3.05) is 0 Å². The SMILES string of the molecule is Cn1c2ccccc2c2c(-c3ccccc3)[n+]3ccc4ccccc4c3nc21. The third-order valence-corrected chi connectivity index (χ3v) is 5.65. The van der Waals surface area contributed by atoms with Crippen molar-refractivity contribution in [2.24, 2.45) is 7.05 Å². The van der Waals surface area contributed by atoms with E-state index in [0.29, 0.717) is 0 Å². The standard InChI is InChI=1S/C25H18N3/c1-27-21-14-8-7-13-20(21)22-23(18-10-3-2-4-11-18)28-16-15-17-9-5-6-12-19(17)24(28)26-25(22)27/h2-16H,1H3/q+1. The van der Waals surface area contributed by atoms with E-state index in [4.69, 9.17) is 4.98 Å². The number of rotatable bonds is 1. The van der Waals surface area contributed by atoms with Crippen LogP contribution in [0.1, 0.15) is 0 Å². The average Bonchev–Trinajstić information content (AvgIpc) is 3.05. The fourth-order valence-electron chi connectivity index (χ4n) is 4.34. The van der Waals surface area contributed by atoms with E-state index in [1.54, 1.807) is 0 Å². The Morgan fingerprint density at radius 1 is 0.750 bits per heavy atom. The monoisotopic (exact) mass is 360 g/mol. The summed E-state index contributed by atoms with van der Waals surface area (Å²) in [6.07, 6.45) is 2.15. The van der Waals surface area contributed by atoms with Gasteiger partial charge in [0, 0.05) is 18.0 Å². The lowest BCUT2D eigenvalue weighted by Gasteiger charge is -2.06. The number of para-hydroxylation sites is 1. The first-order valence-corrected chi connectivity index (χ1v) is 9.48. The Balaban J connectivity index is 1.95. The van der Waals surface area contributed by atoms with E-state index >= 15 is 0 Å². The summed E-state index contributed by atoms with van der Waals surface area (Å²) < 4.78 is 4.45. The first kappa shape index (κ1) is 15.3. The van der Waals surface area contributed by atoms with Gasteiger partial charge in [0.05, 0.1) is 17.1 Å². The van der Waals surface area contributed by atoms with Gasteiger partial charge in [-0.05, 0) is 28.6 Å². The number of nitrogens with zero attached hydrogens (tertiary/aromatic N) is 3. The number of benzene rings is 3. The van der Waals surface area contributed by atoms with E-state index < -0.39 is 0 Å². The van der Waals surface area contributed by atoms with Gasteiger partial charge in [0.1, 0.15) is 5.39 Å². The van der Waals surface area contributed by atoms with Crippen LogP contribution in [-0.2, 0) is 7.05 Å². The van der Waals surface area contributed by atoms with E-state index in [1.807, 2.05) is 0 Å². The Morgan fingerprint density at radius 2 is 1.46 bits per heavy atom. The van der Waals surface area contributed by atoms with Gasteiger partial charge in [0.15, 0.2) is 5.69 Å². The molecule has 0 fully saturated rings. The van der Waals surface area contributed by atoms with Crippen molar-refractivity contribution in [2.45, 2.75) is 0 Å². The van der Waals surface area contributed by atoms with Crippen molar-refractivity contribution in [1.82, 2.24) is 9.55 Å². The second kappa shape index (κ2) is 5.64. The molecule has 0 bridgehead atoms. The largest absolute Gasteiger partial charge is 0.338 e. The molecule has 3 aromatic carbocycles. The van der Waals surface area contributed by atoms with Gasteiger partial charge in [-0.1, -0.05) is 66.7 Å². The summed E-state index contributed by atoms with van der Waals surface area (Å²) in [5.74, 6) is 0. The molecule has 0 amide bonds. The van der Waals surface area contributed by atoms with Gasteiger partial charge in [0.25, 0.3) is 5.65 Å². The summed E-state index contributed by atoms with van der Waals surface area (Å²) >= 11 is 0. The molecule has 28 heavy (non-hydrogen) atoms. The lowest BCUT2D eigenvalue weighted by atomic mass is 10.0. The van der Waals surface area contributed by atoms with Gasteiger partial charge in [-0.2, -0.15) is 4.40 Å². The number of aryl methyl sites for hydroxylation is 1. The van der Waals surface area contributed by atoms with Crippen LogP contribution in [-0.4, -0.2) is 9.55 Å². The third kappa shape index (κ3) is 1.99. The molecule has 6 rings (SSSR count). The van der Waals surface area contributed by atoms with E-state index in [9.17, 15) is 0 Å². The zero-order valence-electron chi connectivity index (χ0n) is 15.5. The van der Waals surface area contributed by atoms with Crippen LogP contribution in [0.3, 0.4) is 0 Å². The fraction of sp³-hybridized carbons (Fsp3) is 0.0400. The Bertz CT molecular complexity index is 1510. The number of pyridine rings is 1. The second-order valence-electron chi connectivity index (χ2n) is 7.20. The van der Waals surface area contributed by atoms with Crippen molar-refractivity contribution in [3.63, 3.8) is 0 Å². The summed E-state index contributed by atoms with van der Waals surface area (Å²) in [6.45, 7) is 0. The lowest BCUT2D eigenvalue weighted by molar-refractivity contribution is -0.499. The molecule has 3 aromatic heterocycles. The molecule has 132 valence electrons. The molecule has 0 unspecified atom stereocenters. The highest BCUT2D eigenvalue weighted by atomic mass is 15.1. The minimum Gasteiger partial charge on any atom is -0.307 e. The highest BCUT2D eigenvalue weighted by Gasteiger charge is 2.25. The van der Waals surface area contributed by atoms with Crippen LogP contribution in [0.4, 0.5) is 0 Å². The highest BCUT2D eigenvalue weighted by molar-refractivity contribution is 6.12. The predicted octanol–water partition coefficient (Wildman–Crippen LogP) is 5.29. The summed E-state index contributed by atoms with van der Waals surface area (Å²) in [6, 6.07) is 29.8. The van der Waals surface area contributed by atoms with Crippen LogP contribution in [0.25, 0.3) is 49.6 Å². The smallest absolute Gasteiger partial charge is 0.307 e. The summed E-state index contributed by atoms with van der Waals surface area (Å²) in [5.41, 5.74) is 5.56. The van der Waals surface area contributed by atoms with Gasteiger partial charge in [-0.3, -0.25) is 0 Å². The molecule has 0 radical (unpaired) electrons. The van der Waals surface area contributed by atoms with Crippen molar-refractivity contribution < 1.29 is 4.40 Å².